The van der Waals surface area contributed by atoms with Crippen molar-refractivity contribution >= 4 is 0 Å². The highest BCUT2D eigenvalue weighted by Crippen LogP contribution is 2.56. The number of hydrogen-bond donors (Lipinski definition) is 0. The molecule has 4 rings (SSSR count). The first kappa shape index (κ1) is 7.73. The van der Waals surface area contributed by atoms with Gasteiger partial charge in [-0.3, -0.25) is 0 Å². The SMILES string of the molecule is C1=C2CC(C1)C(C1CC3=CCC1C3)C2. The van der Waals surface area contributed by atoms with Gasteiger partial charge >= 0.3 is 0 Å². The summed E-state index contributed by atoms with van der Waals surface area (Å²) in [6.07, 6.45) is 13.8. The summed E-state index contributed by atoms with van der Waals surface area (Å²) < 4.78 is 0. The van der Waals surface area contributed by atoms with Crippen LogP contribution in [0.2, 0.25) is 0 Å². The van der Waals surface area contributed by atoms with E-state index in [-0.39, 0.29) is 0 Å². The van der Waals surface area contributed by atoms with E-state index in [0.29, 0.717) is 0 Å². The lowest BCUT2D eigenvalue weighted by Crippen LogP contribution is -2.23. The third-order valence-corrected chi connectivity index (χ3v) is 5.22. The Kier molecular flexibility index (Phi) is 1.40. The third kappa shape index (κ3) is 0.898. The molecule has 0 spiro atoms. The minimum atomic E-state index is 1.06. The predicted octanol–water partition coefficient (Wildman–Crippen LogP) is 3.70. The predicted molar refractivity (Wildman–Crippen MR) is 57.8 cm³/mol. The second kappa shape index (κ2) is 2.53. The monoisotopic (exact) mass is 186 g/mol. The molecule has 0 saturated heterocycles. The highest BCUT2D eigenvalue weighted by atomic mass is 14.5. The fourth-order valence-corrected chi connectivity index (χ4v) is 4.57. The molecule has 4 aliphatic rings. The van der Waals surface area contributed by atoms with Crippen LogP contribution < -0.4 is 0 Å². The van der Waals surface area contributed by atoms with E-state index in [0.717, 1.165) is 23.7 Å². The molecule has 0 heteroatoms. The van der Waals surface area contributed by atoms with Crippen molar-refractivity contribution in [2.24, 2.45) is 23.7 Å². The van der Waals surface area contributed by atoms with Crippen LogP contribution in [-0.2, 0) is 0 Å². The lowest BCUT2D eigenvalue weighted by atomic mass is 9.74. The average molecular weight is 186 g/mol. The summed E-state index contributed by atoms with van der Waals surface area (Å²) in [7, 11) is 0. The Balaban J connectivity index is 1.60. The van der Waals surface area contributed by atoms with Crippen molar-refractivity contribution < 1.29 is 0 Å². The zero-order valence-electron chi connectivity index (χ0n) is 8.71. The van der Waals surface area contributed by atoms with E-state index >= 15 is 0 Å². The second-order valence-corrected chi connectivity index (χ2v) is 5.86. The van der Waals surface area contributed by atoms with Crippen LogP contribution in [-0.4, -0.2) is 0 Å². The number of rotatable bonds is 1. The summed E-state index contributed by atoms with van der Waals surface area (Å²) in [5, 5.41) is 0. The molecule has 0 radical (unpaired) electrons. The van der Waals surface area contributed by atoms with Gasteiger partial charge in [0.2, 0.25) is 0 Å². The van der Waals surface area contributed by atoms with Crippen LogP contribution in [0.15, 0.2) is 23.3 Å². The minimum Gasteiger partial charge on any atom is -0.0850 e. The van der Waals surface area contributed by atoms with Crippen molar-refractivity contribution in [2.75, 3.05) is 0 Å². The Bertz CT molecular complexity index is 300. The van der Waals surface area contributed by atoms with Gasteiger partial charge in [0.15, 0.2) is 0 Å². The third-order valence-electron chi connectivity index (χ3n) is 5.22. The van der Waals surface area contributed by atoms with E-state index in [1.54, 1.807) is 11.1 Å². The topological polar surface area (TPSA) is 0 Å². The van der Waals surface area contributed by atoms with Crippen LogP contribution in [0.4, 0.5) is 0 Å². The summed E-state index contributed by atoms with van der Waals surface area (Å²) in [6.45, 7) is 0. The van der Waals surface area contributed by atoms with E-state index in [1.165, 1.54) is 38.5 Å². The summed E-state index contributed by atoms with van der Waals surface area (Å²) >= 11 is 0. The van der Waals surface area contributed by atoms with Crippen molar-refractivity contribution in [3.8, 4) is 0 Å². The maximum atomic E-state index is 2.52. The molecule has 4 unspecified atom stereocenters. The summed E-state index contributed by atoms with van der Waals surface area (Å²) in [5.74, 6) is 4.31. The van der Waals surface area contributed by atoms with Crippen molar-refractivity contribution in [3.63, 3.8) is 0 Å². The lowest BCUT2D eigenvalue weighted by molar-refractivity contribution is 0.208. The fraction of sp³-hybridized carbons (Fsp3) is 0.714. The molecule has 0 N–H and O–H groups in total. The Hall–Kier alpha value is -0.520. The zero-order chi connectivity index (χ0) is 9.12. The molecule has 4 aliphatic carbocycles. The largest absolute Gasteiger partial charge is 0.0850 e. The smallest absolute Gasteiger partial charge is 0.0286 e. The Morgan fingerprint density at radius 2 is 1.21 bits per heavy atom. The minimum absolute atomic E-state index is 1.06. The molecule has 74 valence electrons. The van der Waals surface area contributed by atoms with Crippen LogP contribution in [0.25, 0.3) is 0 Å². The van der Waals surface area contributed by atoms with Gasteiger partial charge in [0, 0.05) is 0 Å². The quantitative estimate of drug-likeness (QED) is 0.548. The molecule has 2 fully saturated rings. The second-order valence-electron chi connectivity index (χ2n) is 5.86. The van der Waals surface area contributed by atoms with Gasteiger partial charge in [-0.1, -0.05) is 23.3 Å². The molecule has 0 nitrogen and oxygen atoms in total. The van der Waals surface area contributed by atoms with E-state index in [4.69, 9.17) is 0 Å². The molecular formula is C14H18. The first-order valence-corrected chi connectivity index (χ1v) is 6.26. The zero-order valence-corrected chi connectivity index (χ0v) is 8.71. The molecule has 4 bridgehead atoms. The molecule has 4 atom stereocenters. The first-order chi connectivity index (χ1) is 6.90. The van der Waals surface area contributed by atoms with Crippen molar-refractivity contribution in [1.29, 1.82) is 0 Å². The summed E-state index contributed by atoms with van der Waals surface area (Å²) in [4.78, 5) is 0. The van der Waals surface area contributed by atoms with Gasteiger partial charge in [0.25, 0.3) is 0 Å². The van der Waals surface area contributed by atoms with Gasteiger partial charge in [0.05, 0.1) is 0 Å². The van der Waals surface area contributed by atoms with Gasteiger partial charge in [-0.2, -0.15) is 0 Å². The summed E-state index contributed by atoms with van der Waals surface area (Å²) in [5.41, 5.74) is 3.61. The van der Waals surface area contributed by atoms with Crippen LogP contribution >= 0.6 is 0 Å². The molecule has 0 amide bonds. The molecular weight excluding hydrogens is 168 g/mol. The van der Waals surface area contributed by atoms with Crippen LogP contribution in [0.5, 0.6) is 0 Å². The van der Waals surface area contributed by atoms with E-state index < -0.39 is 0 Å². The standard InChI is InChI=1S/C14H18/c1-3-11-5-9(1)7-13(11)14-8-10-2-4-12(14)6-10/h1-2,11-14H,3-8H2. The maximum Gasteiger partial charge on any atom is -0.0286 e. The summed E-state index contributed by atoms with van der Waals surface area (Å²) in [6, 6.07) is 0. The molecule has 2 saturated carbocycles. The lowest BCUT2D eigenvalue weighted by Gasteiger charge is -2.30. The normalized spacial score (nSPS) is 48.6. The first-order valence-electron chi connectivity index (χ1n) is 6.26. The Labute approximate surface area is 86.1 Å². The molecule has 0 aliphatic heterocycles. The molecule has 0 aromatic heterocycles. The van der Waals surface area contributed by atoms with Gasteiger partial charge in [-0.25, -0.2) is 0 Å². The van der Waals surface area contributed by atoms with E-state index in [1.807, 2.05) is 0 Å². The maximum absolute atomic E-state index is 2.52. The van der Waals surface area contributed by atoms with Crippen LogP contribution in [0.1, 0.15) is 38.5 Å². The Morgan fingerprint density at radius 1 is 0.714 bits per heavy atom. The van der Waals surface area contributed by atoms with Crippen molar-refractivity contribution in [2.45, 2.75) is 38.5 Å². The van der Waals surface area contributed by atoms with Crippen LogP contribution in [0.3, 0.4) is 0 Å². The van der Waals surface area contributed by atoms with Crippen molar-refractivity contribution in [3.05, 3.63) is 23.3 Å². The number of hydrogen-bond acceptors (Lipinski definition) is 0. The molecule has 0 aromatic rings. The van der Waals surface area contributed by atoms with Gasteiger partial charge < -0.3 is 0 Å². The molecule has 14 heavy (non-hydrogen) atoms. The number of fused-ring (bicyclic) bond motifs is 4. The van der Waals surface area contributed by atoms with E-state index in [9.17, 15) is 0 Å². The molecule has 0 aromatic carbocycles. The number of allylic oxidation sites excluding steroid dienone is 4. The highest BCUT2D eigenvalue weighted by molar-refractivity contribution is 5.24. The van der Waals surface area contributed by atoms with Gasteiger partial charge in [-0.15, -0.1) is 0 Å². The van der Waals surface area contributed by atoms with Gasteiger partial charge in [-0.05, 0) is 62.2 Å². The highest BCUT2D eigenvalue weighted by Gasteiger charge is 2.45. The van der Waals surface area contributed by atoms with Gasteiger partial charge in [0.1, 0.15) is 0 Å². The average Bonchev–Trinajstić information content (AvgIpc) is 2.96. The van der Waals surface area contributed by atoms with Crippen molar-refractivity contribution in [1.82, 2.24) is 0 Å². The van der Waals surface area contributed by atoms with Crippen LogP contribution in [0, 0.1) is 23.7 Å². The van der Waals surface area contributed by atoms with E-state index in [2.05, 4.69) is 12.2 Å². The fourth-order valence-electron chi connectivity index (χ4n) is 4.57. The Morgan fingerprint density at radius 3 is 1.50 bits per heavy atom. The molecule has 0 heterocycles.